The van der Waals surface area contributed by atoms with Gasteiger partial charge >= 0.3 is 0 Å². The number of benzene rings is 2. The van der Waals surface area contributed by atoms with E-state index in [1.807, 2.05) is 12.1 Å². The van der Waals surface area contributed by atoms with Gasteiger partial charge in [0.05, 0.1) is 16.3 Å². The normalized spacial score (nSPS) is 16.5. The summed E-state index contributed by atoms with van der Waals surface area (Å²) in [5, 5.41) is 8.31. The predicted molar refractivity (Wildman–Crippen MR) is 131 cm³/mol. The van der Waals surface area contributed by atoms with Crippen LogP contribution in [0.1, 0.15) is 40.9 Å². The molecule has 0 atom stereocenters. The highest BCUT2D eigenvalue weighted by atomic mass is 35.5. The van der Waals surface area contributed by atoms with Crippen LogP contribution in [-0.2, 0) is 21.5 Å². The van der Waals surface area contributed by atoms with Gasteiger partial charge in [0, 0.05) is 40.7 Å². The van der Waals surface area contributed by atoms with Gasteiger partial charge in [-0.1, -0.05) is 18.0 Å². The molecule has 7 nitrogen and oxygen atoms in total. The zero-order valence-electron chi connectivity index (χ0n) is 17.8. The molecular formula is C23H23ClN4O3S2. The molecule has 0 aliphatic carbocycles. The number of hydrogen-bond acceptors (Lipinski definition) is 5. The Bertz CT molecular complexity index is 1280. The van der Waals surface area contributed by atoms with Gasteiger partial charge in [0.2, 0.25) is 10.0 Å². The zero-order chi connectivity index (χ0) is 23.0. The summed E-state index contributed by atoms with van der Waals surface area (Å²) in [5.41, 5.74) is 3.15. The van der Waals surface area contributed by atoms with Crippen LogP contribution in [0.2, 0.25) is 5.02 Å². The van der Waals surface area contributed by atoms with Gasteiger partial charge in [-0.05, 0) is 61.4 Å². The molecule has 1 amide bonds. The van der Waals surface area contributed by atoms with Crippen LogP contribution in [0.25, 0.3) is 5.69 Å². The topological polar surface area (TPSA) is 84.3 Å². The first-order chi connectivity index (χ1) is 15.9. The van der Waals surface area contributed by atoms with Crippen LogP contribution in [0, 0.1) is 0 Å². The van der Waals surface area contributed by atoms with E-state index >= 15 is 0 Å². The van der Waals surface area contributed by atoms with Crippen LogP contribution in [0.4, 0.5) is 5.82 Å². The number of carbonyl (C=O) groups is 1. The van der Waals surface area contributed by atoms with E-state index in [9.17, 15) is 13.2 Å². The first kappa shape index (κ1) is 22.5. The highest BCUT2D eigenvalue weighted by Gasteiger charge is 2.27. The molecule has 10 heteroatoms. The van der Waals surface area contributed by atoms with Crippen molar-refractivity contribution in [2.75, 3.05) is 18.4 Å². The molecule has 33 heavy (non-hydrogen) atoms. The first-order valence-corrected chi connectivity index (χ1v) is 13.8. The largest absolute Gasteiger partial charge is 0.306 e. The highest BCUT2D eigenvalue weighted by Crippen LogP contribution is 2.36. The molecule has 3 heterocycles. The zero-order valence-corrected chi connectivity index (χ0v) is 20.2. The molecule has 2 aliphatic rings. The second-order valence-corrected chi connectivity index (χ2v) is 11.5. The molecule has 5 rings (SSSR count). The number of nitrogens with one attached hydrogen (secondary N) is 1. The molecule has 0 unspecified atom stereocenters. The lowest BCUT2D eigenvalue weighted by Gasteiger charge is -2.25. The van der Waals surface area contributed by atoms with E-state index in [0.717, 1.165) is 47.7 Å². The standard InChI is InChI=1S/C23H23ClN4O3S2/c24-17-6-8-18(9-7-17)28-22(20-14-32-15-21(20)26-28)25-23(29)16-4-10-19(11-5-16)33(30,31)27-12-2-1-3-13-27/h4-11H,1-3,12-15H2,(H,25,29). The second kappa shape index (κ2) is 9.13. The molecule has 1 N–H and O–H groups in total. The van der Waals surface area contributed by atoms with Crippen molar-refractivity contribution in [3.05, 3.63) is 70.4 Å². The minimum Gasteiger partial charge on any atom is -0.306 e. The third-order valence-electron chi connectivity index (χ3n) is 5.92. The quantitative estimate of drug-likeness (QED) is 0.546. The van der Waals surface area contributed by atoms with Crippen LogP contribution in [0.5, 0.6) is 0 Å². The lowest BCUT2D eigenvalue weighted by Crippen LogP contribution is -2.35. The number of rotatable bonds is 5. The van der Waals surface area contributed by atoms with Gasteiger partial charge in [0.15, 0.2) is 0 Å². The van der Waals surface area contributed by atoms with Gasteiger partial charge in [-0.25, -0.2) is 13.1 Å². The summed E-state index contributed by atoms with van der Waals surface area (Å²) in [5.74, 6) is 1.88. The number of piperidine rings is 1. The summed E-state index contributed by atoms with van der Waals surface area (Å²) >= 11 is 7.78. The van der Waals surface area contributed by atoms with E-state index in [2.05, 4.69) is 10.4 Å². The number of anilines is 1. The van der Waals surface area contributed by atoms with Crippen molar-refractivity contribution in [1.82, 2.24) is 14.1 Å². The monoisotopic (exact) mass is 502 g/mol. The van der Waals surface area contributed by atoms with Crippen molar-refractivity contribution in [1.29, 1.82) is 0 Å². The number of thioether (sulfide) groups is 1. The molecule has 2 aliphatic heterocycles. The van der Waals surface area contributed by atoms with Gasteiger partial charge in [0.25, 0.3) is 5.91 Å². The van der Waals surface area contributed by atoms with Gasteiger partial charge < -0.3 is 5.32 Å². The Labute approximate surface area is 202 Å². The van der Waals surface area contributed by atoms with E-state index < -0.39 is 10.0 Å². The third-order valence-corrected chi connectivity index (χ3v) is 9.06. The van der Waals surface area contributed by atoms with Crippen LogP contribution in [0.3, 0.4) is 0 Å². The predicted octanol–water partition coefficient (Wildman–Crippen LogP) is 4.70. The maximum absolute atomic E-state index is 13.1. The second-order valence-electron chi connectivity index (χ2n) is 8.10. The Morgan fingerprint density at radius 1 is 0.970 bits per heavy atom. The van der Waals surface area contributed by atoms with Crippen LogP contribution < -0.4 is 5.32 Å². The van der Waals surface area contributed by atoms with E-state index in [0.29, 0.717) is 29.5 Å². The molecule has 1 saturated heterocycles. The summed E-state index contributed by atoms with van der Waals surface area (Å²) in [6, 6.07) is 13.4. The number of halogens is 1. The summed E-state index contributed by atoms with van der Waals surface area (Å²) in [7, 11) is -3.53. The fourth-order valence-electron chi connectivity index (χ4n) is 4.12. The Morgan fingerprint density at radius 2 is 1.67 bits per heavy atom. The summed E-state index contributed by atoms with van der Waals surface area (Å²) in [4.78, 5) is 13.3. The SMILES string of the molecule is O=C(Nc1c2c(nn1-c1ccc(Cl)cc1)CSC2)c1ccc(S(=O)(=O)N2CCCCC2)cc1. The number of carbonyl (C=O) groups excluding carboxylic acids is 1. The van der Waals surface area contributed by atoms with E-state index in [1.54, 1.807) is 40.7 Å². The summed E-state index contributed by atoms with van der Waals surface area (Å²) in [6.07, 6.45) is 2.81. The first-order valence-electron chi connectivity index (χ1n) is 10.8. The molecule has 172 valence electrons. The van der Waals surface area contributed by atoms with Crippen molar-refractivity contribution in [2.45, 2.75) is 35.7 Å². The third kappa shape index (κ3) is 4.42. The average Bonchev–Trinajstić information content (AvgIpc) is 3.43. The number of amides is 1. The van der Waals surface area contributed by atoms with E-state index in [-0.39, 0.29) is 10.8 Å². The number of sulfonamides is 1. The maximum Gasteiger partial charge on any atom is 0.256 e. The van der Waals surface area contributed by atoms with Crippen molar-refractivity contribution in [2.24, 2.45) is 0 Å². The molecule has 1 fully saturated rings. The van der Waals surface area contributed by atoms with Crippen molar-refractivity contribution < 1.29 is 13.2 Å². The van der Waals surface area contributed by atoms with Crippen LogP contribution in [-0.4, -0.2) is 41.5 Å². The van der Waals surface area contributed by atoms with E-state index in [4.69, 9.17) is 11.6 Å². The molecular weight excluding hydrogens is 480 g/mol. The fraction of sp³-hybridized carbons (Fsp3) is 0.304. The molecule has 0 saturated carbocycles. The molecule has 2 aromatic carbocycles. The van der Waals surface area contributed by atoms with Gasteiger partial charge in [-0.15, -0.1) is 0 Å². The molecule has 1 aromatic heterocycles. The van der Waals surface area contributed by atoms with Crippen LogP contribution in [0.15, 0.2) is 53.4 Å². The minimum absolute atomic E-state index is 0.212. The minimum atomic E-state index is -3.53. The van der Waals surface area contributed by atoms with E-state index in [1.165, 1.54) is 16.4 Å². The number of fused-ring (bicyclic) bond motifs is 1. The number of aromatic nitrogens is 2. The molecule has 0 radical (unpaired) electrons. The lowest BCUT2D eigenvalue weighted by molar-refractivity contribution is 0.102. The maximum atomic E-state index is 13.1. The highest BCUT2D eigenvalue weighted by molar-refractivity contribution is 7.98. The number of hydrogen-bond donors (Lipinski definition) is 1. The van der Waals surface area contributed by atoms with Crippen molar-refractivity contribution in [3.8, 4) is 5.69 Å². The number of nitrogens with zero attached hydrogens (tertiary/aromatic N) is 3. The molecule has 3 aromatic rings. The fourth-order valence-corrected chi connectivity index (χ4v) is 6.80. The van der Waals surface area contributed by atoms with Crippen LogP contribution >= 0.6 is 23.4 Å². The summed E-state index contributed by atoms with van der Waals surface area (Å²) < 4.78 is 29.0. The Kier molecular flexibility index (Phi) is 6.22. The average molecular weight is 503 g/mol. The smallest absolute Gasteiger partial charge is 0.256 e. The van der Waals surface area contributed by atoms with Crippen molar-refractivity contribution >= 4 is 45.1 Å². The molecule has 0 spiro atoms. The Morgan fingerprint density at radius 3 is 2.36 bits per heavy atom. The Balaban J connectivity index is 1.40. The Hall–Kier alpha value is -2.33. The lowest BCUT2D eigenvalue weighted by atomic mass is 10.2. The molecule has 0 bridgehead atoms. The summed E-state index contributed by atoms with van der Waals surface area (Å²) in [6.45, 7) is 1.09. The van der Waals surface area contributed by atoms with Gasteiger partial charge in [0.1, 0.15) is 5.82 Å². The van der Waals surface area contributed by atoms with Gasteiger partial charge in [-0.2, -0.15) is 21.2 Å². The van der Waals surface area contributed by atoms with Crippen molar-refractivity contribution in [3.63, 3.8) is 0 Å². The van der Waals surface area contributed by atoms with Gasteiger partial charge in [-0.3, -0.25) is 4.79 Å².